The first-order valence-electron chi connectivity index (χ1n) is 8.07. The number of hydrogen-bond donors (Lipinski definition) is 1. The molecule has 6 nitrogen and oxygen atoms in total. The SMILES string of the molecule is c1ccc(CN2CCOCC2c2ncc(-c3cccnc3)[nH]2)nc1. The van der Waals surface area contributed by atoms with Gasteiger partial charge in [-0.3, -0.25) is 14.9 Å². The number of pyridine rings is 2. The van der Waals surface area contributed by atoms with Gasteiger partial charge < -0.3 is 9.72 Å². The summed E-state index contributed by atoms with van der Waals surface area (Å²) in [5.74, 6) is 0.921. The molecule has 0 bridgehead atoms. The Morgan fingerprint density at radius 3 is 2.96 bits per heavy atom. The van der Waals surface area contributed by atoms with Gasteiger partial charge in [-0.1, -0.05) is 6.07 Å². The van der Waals surface area contributed by atoms with Gasteiger partial charge >= 0.3 is 0 Å². The normalized spacial score (nSPS) is 18.6. The average molecular weight is 321 g/mol. The highest BCUT2D eigenvalue weighted by atomic mass is 16.5. The zero-order valence-corrected chi connectivity index (χ0v) is 13.3. The van der Waals surface area contributed by atoms with E-state index in [0.29, 0.717) is 6.61 Å². The second kappa shape index (κ2) is 6.90. The molecule has 1 unspecified atom stereocenters. The van der Waals surface area contributed by atoms with Crippen LogP contribution in [0.1, 0.15) is 17.6 Å². The molecule has 4 heterocycles. The van der Waals surface area contributed by atoms with Gasteiger partial charge in [-0.05, 0) is 24.3 Å². The van der Waals surface area contributed by atoms with Crippen molar-refractivity contribution in [3.63, 3.8) is 0 Å². The number of morpholine rings is 1. The number of rotatable bonds is 4. The van der Waals surface area contributed by atoms with E-state index < -0.39 is 0 Å². The Morgan fingerprint density at radius 1 is 1.12 bits per heavy atom. The summed E-state index contributed by atoms with van der Waals surface area (Å²) in [5.41, 5.74) is 3.06. The lowest BCUT2D eigenvalue weighted by Crippen LogP contribution is -2.39. The van der Waals surface area contributed by atoms with E-state index in [1.54, 1.807) is 6.20 Å². The van der Waals surface area contributed by atoms with Crippen LogP contribution in [-0.4, -0.2) is 44.6 Å². The average Bonchev–Trinajstić information content (AvgIpc) is 3.14. The van der Waals surface area contributed by atoms with E-state index in [2.05, 4.69) is 30.9 Å². The molecule has 3 aromatic rings. The lowest BCUT2D eigenvalue weighted by Gasteiger charge is -2.34. The zero-order chi connectivity index (χ0) is 16.2. The van der Waals surface area contributed by atoms with Crippen molar-refractivity contribution in [3.8, 4) is 11.3 Å². The molecule has 1 aliphatic heterocycles. The minimum absolute atomic E-state index is 0.103. The van der Waals surface area contributed by atoms with E-state index in [1.165, 1.54) is 0 Å². The molecule has 0 spiro atoms. The first kappa shape index (κ1) is 15.0. The number of nitrogens with zero attached hydrogens (tertiary/aromatic N) is 4. The largest absolute Gasteiger partial charge is 0.378 e. The maximum atomic E-state index is 5.69. The summed E-state index contributed by atoms with van der Waals surface area (Å²) >= 11 is 0. The van der Waals surface area contributed by atoms with Crippen molar-refractivity contribution in [2.75, 3.05) is 19.8 Å². The van der Waals surface area contributed by atoms with Crippen LogP contribution in [0.25, 0.3) is 11.3 Å². The molecule has 0 saturated carbocycles. The van der Waals surface area contributed by atoms with Crippen molar-refractivity contribution in [2.45, 2.75) is 12.6 Å². The van der Waals surface area contributed by atoms with E-state index in [1.807, 2.05) is 42.9 Å². The molecule has 6 heteroatoms. The highest BCUT2D eigenvalue weighted by Gasteiger charge is 2.27. The molecule has 24 heavy (non-hydrogen) atoms. The molecule has 122 valence electrons. The van der Waals surface area contributed by atoms with Gasteiger partial charge in [-0.15, -0.1) is 0 Å². The third kappa shape index (κ3) is 3.20. The van der Waals surface area contributed by atoms with Crippen LogP contribution in [0.3, 0.4) is 0 Å². The summed E-state index contributed by atoms with van der Waals surface area (Å²) < 4.78 is 5.69. The third-order valence-corrected chi connectivity index (χ3v) is 4.21. The molecule has 3 aromatic heterocycles. The fourth-order valence-electron chi connectivity index (χ4n) is 2.95. The van der Waals surface area contributed by atoms with Gasteiger partial charge in [0.1, 0.15) is 5.82 Å². The number of ether oxygens (including phenoxy) is 1. The van der Waals surface area contributed by atoms with Crippen LogP contribution in [0, 0.1) is 0 Å². The van der Waals surface area contributed by atoms with Crippen LogP contribution >= 0.6 is 0 Å². The van der Waals surface area contributed by atoms with Crippen molar-refractivity contribution < 1.29 is 4.74 Å². The molecular weight excluding hydrogens is 302 g/mol. The predicted molar refractivity (Wildman–Crippen MR) is 90.0 cm³/mol. The van der Waals surface area contributed by atoms with Gasteiger partial charge in [-0.2, -0.15) is 0 Å². The summed E-state index contributed by atoms with van der Waals surface area (Å²) in [6.07, 6.45) is 7.29. The van der Waals surface area contributed by atoms with Gasteiger partial charge in [0.15, 0.2) is 0 Å². The van der Waals surface area contributed by atoms with E-state index in [9.17, 15) is 0 Å². The Kier molecular flexibility index (Phi) is 4.31. The van der Waals surface area contributed by atoms with Crippen LogP contribution in [0.2, 0.25) is 0 Å². The van der Waals surface area contributed by atoms with Crippen molar-refractivity contribution in [1.29, 1.82) is 0 Å². The fraction of sp³-hybridized carbons (Fsp3) is 0.278. The van der Waals surface area contributed by atoms with E-state index in [4.69, 9.17) is 4.74 Å². The van der Waals surface area contributed by atoms with Gasteiger partial charge in [0.05, 0.1) is 36.8 Å². The van der Waals surface area contributed by atoms with Crippen LogP contribution in [0.5, 0.6) is 0 Å². The highest BCUT2D eigenvalue weighted by Crippen LogP contribution is 2.25. The number of aromatic amines is 1. The standard InChI is InChI=1S/C18H19N5O/c1-2-7-20-15(5-1)12-23-8-9-24-13-17(23)18-21-11-16(22-18)14-4-3-6-19-10-14/h1-7,10-11,17H,8-9,12-13H2,(H,21,22). The minimum Gasteiger partial charge on any atom is -0.378 e. The van der Waals surface area contributed by atoms with E-state index in [-0.39, 0.29) is 6.04 Å². The lowest BCUT2D eigenvalue weighted by molar-refractivity contribution is -0.0161. The van der Waals surface area contributed by atoms with E-state index >= 15 is 0 Å². The maximum Gasteiger partial charge on any atom is 0.126 e. The first-order chi connectivity index (χ1) is 11.9. The Morgan fingerprint density at radius 2 is 2.12 bits per heavy atom. The number of H-pyrrole nitrogens is 1. The van der Waals surface area contributed by atoms with Crippen LogP contribution in [-0.2, 0) is 11.3 Å². The monoisotopic (exact) mass is 321 g/mol. The van der Waals surface area contributed by atoms with Crippen molar-refractivity contribution in [3.05, 3.63) is 66.6 Å². The first-order valence-corrected chi connectivity index (χ1v) is 8.07. The van der Waals surface area contributed by atoms with Crippen molar-refractivity contribution in [2.24, 2.45) is 0 Å². The summed E-state index contributed by atoms with van der Waals surface area (Å²) in [4.78, 5) is 19.0. The minimum atomic E-state index is 0.103. The highest BCUT2D eigenvalue weighted by molar-refractivity contribution is 5.56. The van der Waals surface area contributed by atoms with Crippen molar-refractivity contribution in [1.82, 2.24) is 24.8 Å². The molecule has 0 radical (unpaired) electrons. The summed E-state index contributed by atoms with van der Waals surface area (Å²) in [5, 5.41) is 0. The number of nitrogens with one attached hydrogen (secondary N) is 1. The van der Waals surface area contributed by atoms with Gasteiger partial charge in [0.2, 0.25) is 0 Å². The molecule has 0 aliphatic carbocycles. The third-order valence-electron chi connectivity index (χ3n) is 4.21. The summed E-state index contributed by atoms with van der Waals surface area (Å²) in [7, 11) is 0. The smallest absolute Gasteiger partial charge is 0.126 e. The Hall–Kier alpha value is -2.57. The topological polar surface area (TPSA) is 66.9 Å². The quantitative estimate of drug-likeness (QED) is 0.799. The van der Waals surface area contributed by atoms with Gasteiger partial charge in [0.25, 0.3) is 0 Å². The molecule has 0 amide bonds. The van der Waals surface area contributed by atoms with Crippen LogP contribution < -0.4 is 0 Å². The second-order valence-corrected chi connectivity index (χ2v) is 5.81. The number of imidazole rings is 1. The molecule has 1 fully saturated rings. The van der Waals surface area contributed by atoms with E-state index in [0.717, 1.165) is 42.5 Å². The van der Waals surface area contributed by atoms with Gasteiger partial charge in [-0.25, -0.2) is 4.98 Å². The lowest BCUT2D eigenvalue weighted by atomic mass is 10.2. The Balaban J connectivity index is 1.56. The van der Waals surface area contributed by atoms with Crippen LogP contribution in [0.4, 0.5) is 0 Å². The molecule has 1 saturated heterocycles. The molecule has 4 rings (SSSR count). The molecule has 0 aromatic carbocycles. The molecule has 1 N–H and O–H groups in total. The summed E-state index contributed by atoms with van der Waals surface area (Å²) in [6.45, 7) is 3.02. The second-order valence-electron chi connectivity index (χ2n) is 5.81. The maximum absolute atomic E-state index is 5.69. The Bertz CT molecular complexity index is 774. The Labute approximate surface area is 140 Å². The number of aromatic nitrogens is 4. The summed E-state index contributed by atoms with van der Waals surface area (Å²) in [6, 6.07) is 10.1. The fourth-order valence-corrected chi connectivity index (χ4v) is 2.95. The van der Waals surface area contributed by atoms with Crippen molar-refractivity contribution >= 4 is 0 Å². The van der Waals surface area contributed by atoms with Gasteiger partial charge in [0, 0.05) is 37.2 Å². The molecular formula is C18H19N5O. The molecule has 1 atom stereocenters. The zero-order valence-electron chi connectivity index (χ0n) is 13.3. The predicted octanol–water partition coefficient (Wildman–Crippen LogP) is 2.44. The van der Waals surface area contributed by atoms with Crippen LogP contribution in [0.15, 0.2) is 55.1 Å². The molecule has 1 aliphatic rings. The number of hydrogen-bond acceptors (Lipinski definition) is 5.